The van der Waals surface area contributed by atoms with Crippen LogP contribution in [-0.4, -0.2) is 59.4 Å². The average Bonchev–Trinajstić information content (AvgIpc) is 3.57. The molecule has 2 fully saturated rings. The van der Waals surface area contributed by atoms with Gasteiger partial charge >= 0.3 is 12.1 Å². The Hall–Kier alpha value is -3.69. The van der Waals surface area contributed by atoms with Crippen molar-refractivity contribution in [2.45, 2.75) is 70.6 Å². The number of nitrogens with zero attached hydrogens (tertiary/aromatic N) is 2. The number of imide groups is 1. The van der Waals surface area contributed by atoms with Crippen molar-refractivity contribution >= 4 is 29.6 Å². The van der Waals surface area contributed by atoms with E-state index in [1.165, 1.54) is 13.1 Å². The predicted molar refractivity (Wildman–Crippen MR) is 142 cm³/mol. The highest BCUT2D eigenvalue weighted by molar-refractivity contribution is 6.06. The smallest absolute Gasteiger partial charge is 0.418 e. The van der Waals surface area contributed by atoms with Crippen molar-refractivity contribution in [2.75, 3.05) is 18.9 Å². The van der Waals surface area contributed by atoms with Crippen LogP contribution >= 0.6 is 0 Å². The molecule has 5 amide bonds. The van der Waals surface area contributed by atoms with Crippen LogP contribution in [0.3, 0.4) is 0 Å². The van der Waals surface area contributed by atoms with Gasteiger partial charge in [0.1, 0.15) is 12.4 Å². The van der Waals surface area contributed by atoms with Crippen molar-refractivity contribution in [2.24, 2.45) is 11.3 Å². The molecular formula is C29H35FN4O5. The van der Waals surface area contributed by atoms with Gasteiger partial charge in [-0.1, -0.05) is 32.9 Å². The summed E-state index contributed by atoms with van der Waals surface area (Å²) in [5.74, 6) is -0.967. The van der Waals surface area contributed by atoms with Crippen molar-refractivity contribution in [3.05, 3.63) is 53.4 Å². The molecule has 2 heterocycles. The lowest BCUT2D eigenvalue weighted by molar-refractivity contribution is -0.144. The van der Waals surface area contributed by atoms with Crippen LogP contribution in [0.25, 0.3) is 0 Å². The summed E-state index contributed by atoms with van der Waals surface area (Å²) in [6.45, 7) is 5.72. The number of urea groups is 1. The van der Waals surface area contributed by atoms with Crippen LogP contribution in [0.4, 0.5) is 19.7 Å². The molecule has 0 saturated carbocycles. The minimum Gasteiger partial charge on any atom is -0.427 e. The second-order valence-corrected chi connectivity index (χ2v) is 11.5. The minimum absolute atomic E-state index is 0.0513. The molecular weight excluding hydrogens is 503 g/mol. The van der Waals surface area contributed by atoms with Crippen molar-refractivity contribution in [3.8, 4) is 0 Å². The Kier molecular flexibility index (Phi) is 6.76. The van der Waals surface area contributed by atoms with Crippen LogP contribution in [0.2, 0.25) is 0 Å². The number of allylic oxidation sites excluding steroid dienone is 3. The van der Waals surface area contributed by atoms with Crippen LogP contribution in [-0.2, 0) is 26.3 Å². The summed E-state index contributed by atoms with van der Waals surface area (Å²) in [6.07, 6.45) is 6.77. The second-order valence-electron chi connectivity index (χ2n) is 11.5. The van der Waals surface area contributed by atoms with Gasteiger partial charge < -0.3 is 20.3 Å². The summed E-state index contributed by atoms with van der Waals surface area (Å²) in [6, 6.07) is 4.52. The molecule has 1 aromatic rings. The van der Waals surface area contributed by atoms with Gasteiger partial charge in [0.2, 0.25) is 11.5 Å². The van der Waals surface area contributed by atoms with Gasteiger partial charge in [0, 0.05) is 42.2 Å². The second kappa shape index (κ2) is 9.81. The quantitative estimate of drug-likeness (QED) is 0.578. The molecule has 208 valence electrons. The van der Waals surface area contributed by atoms with Gasteiger partial charge in [-0.15, -0.1) is 0 Å². The highest BCUT2D eigenvalue weighted by Gasteiger charge is 2.59. The van der Waals surface area contributed by atoms with E-state index in [1.807, 2.05) is 17.9 Å². The topological polar surface area (TPSA) is 108 Å². The van der Waals surface area contributed by atoms with Crippen molar-refractivity contribution in [3.63, 3.8) is 0 Å². The molecule has 2 aliphatic carbocycles. The predicted octanol–water partition coefficient (Wildman–Crippen LogP) is 4.39. The maximum atomic E-state index is 13.9. The number of likely N-dealkylation sites (tertiary alicyclic amines) is 1. The Labute approximate surface area is 227 Å². The van der Waals surface area contributed by atoms with Gasteiger partial charge in [0.15, 0.2) is 0 Å². The number of nitrogens with one attached hydrogen (secondary N) is 2. The number of hydrogen-bond acceptors (Lipinski definition) is 5. The van der Waals surface area contributed by atoms with E-state index >= 15 is 0 Å². The Bertz CT molecular complexity index is 1290. The standard InChI is InChI=1S/C29H35FN4O5/c1-17(2)22-7-8-23(28(3)12-10-19(30)11-13-28)34(22)24(35)16-33-25(36)29(39-27(33)38)14-9-18-15-20(5-6-21(18)29)32-26(37)31-4/h5-6,10-12,15,17,22-23H,7-9,13-14,16H2,1-4H3,(H2,31,32,37)/t22-,23+,28?,29-/m1/s1. The largest absolute Gasteiger partial charge is 0.427 e. The SMILES string of the molecule is CNC(=O)Nc1ccc2c(c1)CC[C@@]21OC(=O)N(CC(=O)N2[C@@H](C(C)C)CC[C@H]2C2(C)C=CC(F)=CC2)C1=O. The first-order valence-electron chi connectivity index (χ1n) is 13.5. The zero-order chi connectivity index (χ0) is 28.1. The molecule has 1 spiro atoms. The summed E-state index contributed by atoms with van der Waals surface area (Å²) in [7, 11) is 1.51. The number of amides is 5. The number of anilines is 1. The maximum absolute atomic E-state index is 13.9. The summed E-state index contributed by atoms with van der Waals surface area (Å²) in [5, 5.41) is 5.19. The van der Waals surface area contributed by atoms with E-state index in [0.29, 0.717) is 24.1 Å². The lowest BCUT2D eigenvalue weighted by Crippen LogP contribution is -2.53. The highest BCUT2D eigenvalue weighted by Crippen LogP contribution is 2.47. The first-order valence-corrected chi connectivity index (χ1v) is 13.5. The number of carbonyl (C=O) groups excluding carboxylic acids is 4. The molecule has 4 atom stereocenters. The number of benzene rings is 1. The van der Waals surface area contributed by atoms with Gasteiger partial charge in [-0.25, -0.2) is 18.9 Å². The van der Waals surface area contributed by atoms with Crippen molar-refractivity contribution < 1.29 is 28.3 Å². The van der Waals surface area contributed by atoms with Gasteiger partial charge in [0.05, 0.1) is 0 Å². The first kappa shape index (κ1) is 26.9. The fourth-order valence-corrected chi connectivity index (χ4v) is 6.61. The van der Waals surface area contributed by atoms with E-state index in [1.54, 1.807) is 24.3 Å². The highest BCUT2D eigenvalue weighted by atomic mass is 19.1. The third kappa shape index (κ3) is 4.49. The molecule has 39 heavy (non-hydrogen) atoms. The van der Waals surface area contributed by atoms with Crippen LogP contribution in [0.15, 0.2) is 42.3 Å². The van der Waals surface area contributed by atoms with E-state index in [9.17, 15) is 23.6 Å². The van der Waals surface area contributed by atoms with E-state index < -0.39 is 29.6 Å². The molecule has 10 heteroatoms. The zero-order valence-corrected chi connectivity index (χ0v) is 22.8. The Morgan fingerprint density at radius 1 is 1.23 bits per heavy atom. The van der Waals surface area contributed by atoms with Crippen molar-refractivity contribution in [1.82, 2.24) is 15.1 Å². The van der Waals surface area contributed by atoms with Gasteiger partial charge in [-0.05, 0) is 61.4 Å². The molecule has 9 nitrogen and oxygen atoms in total. The molecule has 1 aromatic carbocycles. The number of aryl methyl sites for hydroxylation is 1. The van der Waals surface area contributed by atoms with Crippen LogP contribution in [0, 0.1) is 11.3 Å². The molecule has 2 aliphatic heterocycles. The summed E-state index contributed by atoms with van der Waals surface area (Å²) >= 11 is 0. The Balaban J connectivity index is 1.37. The molecule has 0 radical (unpaired) electrons. The molecule has 1 unspecified atom stereocenters. The number of ether oxygens (including phenoxy) is 1. The number of rotatable bonds is 5. The first-order chi connectivity index (χ1) is 18.5. The molecule has 0 aromatic heterocycles. The van der Waals surface area contributed by atoms with E-state index in [0.717, 1.165) is 23.3 Å². The van der Waals surface area contributed by atoms with Crippen LogP contribution < -0.4 is 10.6 Å². The number of carbonyl (C=O) groups is 4. The Morgan fingerprint density at radius 3 is 2.67 bits per heavy atom. The molecule has 2 saturated heterocycles. The molecule has 4 aliphatic rings. The van der Waals surface area contributed by atoms with Gasteiger partial charge in [0.25, 0.3) is 5.91 Å². The van der Waals surface area contributed by atoms with Crippen LogP contribution in [0.1, 0.15) is 57.6 Å². The number of halogens is 1. The molecule has 2 N–H and O–H groups in total. The summed E-state index contributed by atoms with van der Waals surface area (Å²) in [4.78, 5) is 55.1. The van der Waals surface area contributed by atoms with Crippen LogP contribution in [0.5, 0.6) is 0 Å². The lowest BCUT2D eigenvalue weighted by atomic mass is 9.75. The average molecular weight is 539 g/mol. The monoisotopic (exact) mass is 538 g/mol. The fraction of sp³-hybridized carbons (Fsp3) is 0.517. The van der Waals surface area contributed by atoms with E-state index in [4.69, 9.17) is 4.74 Å². The zero-order valence-electron chi connectivity index (χ0n) is 22.8. The molecule has 0 bridgehead atoms. The van der Waals surface area contributed by atoms with Gasteiger partial charge in [-0.3, -0.25) is 9.59 Å². The summed E-state index contributed by atoms with van der Waals surface area (Å²) in [5.41, 5.74) is 0.0199. The lowest BCUT2D eigenvalue weighted by Gasteiger charge is -2.42. The summed E-state index contributed by atoms with van der Waals surface area (Å²) < 4.78 is 19.5. The molecule has 5 rings (SSSR count). The minimum atomic E-state index is -1.47. The van der Waals surface area contributed by atoms with Gasteiger partial charge in [-0.2, -0.15) is 0 Å². The number of hydrogen-bond donors (Lipinski definition) is 2. The normalized spacial score (nSPS) is 29.6. The number of fused-ring (bicyclic) bond motifs is 2. The Morgan fingerprint density at radius 2 is 2.00 bits per heavy atom. The van der Waals surface area contributed by atoms with E-state index in [-0.39, 0.29) is 42.2 Å². The third-order valence-electron chi connectivity index (χ3n) is 8.75. The van der Waals surface area contributed by atoms with E-state index in [2.05, 4.69) is 24.5 Å². The third-order valence-corrected chi connectivity index (χ3v) is 8.75. The van der Waals surface area contributed by atoms with Crippen molar-refractivity contribution in [1.29, 1.82) is 0 Å². The maximum Gasteiger partial charge on any atom is 0.418 e. The fourth-order valence-electron chi connectivity index (χ4n) is 6.61.